The molecule has 0 aliphatic carbocycles. The van der Waals surface area contributed by atoms with Crippen LogP contribution >= 0.6 is 0 Å². The van der Waals surface area contributed by atoms with Gasteiger partial charge in [-0.05, 0) is 29.8 Å². The molecule has 0 saturated carbocycles. The second kappa shape index (κ2) is 6.62. The quantitative estimate of drug-likeness (QED) is 0.590. The molecule has 0 bridgehead atoms. The van der Waals surface area contributed by atoms with Gasteiger partial charge in [0.2, 0.25) is 11.9 Å². The largest absolute Gasteiger partial charge is 0.417 e. The van der Waals surface area contributed by atoms with E-state index in [9.17, 15) is 22.0 Å². The smallest absolute Gasteiger partial charge is 0.356 e. The minimum atomic E-state index is -4.82. The fourth-order valence-corrected chi connectivity index (χ4v) is 2.38. The van der Waals surface area contributed by atoms with E-state index < -0.39 is 28.9 Å². The summed E-state index contributed by atoms with van der Waals surface area (Å²) in [6, 6.07) is 5.76. The molecule has 0 atom stereocenters. The summed E-state index contributed by atoms with van der Waals surface area (Å²) >= 11 is 0. The molecule has 1 aromatic heterocycles. The lowest BCUT2D eigenvalue weighted by Gasteiger charge is -2.16. The summed E-state index contributed by atoms with van der Waals surface area (Å²) in [5.41, 5.74) is -2.10. The van der Waals surface area contributed by atoms with Crippen molar-refractivity contribution in [3.8, 4) is 11.1 Å². The summed E-state index contributed by atoms with van der Waals surface area (Å²) in [4.78, 5) is 3.90. The van der Waals surface area contributed by atoms with Gasteiger partial charge in [-0.3, -0.25) is 0 Å². The van der Waals surface area contributed by atoms with Crippen LogP contribution in [0.5, 0.6) is 0 Å². The summed E-state index contributed by atoms with van der Waals surface area (Å²) in [5.74, 6) is -1.49. The molecule has 0 amide bonds. The van der Waals surface area contributed by atoms with Gasteiger partial charge < -0.3 is 10.6 Å². The van der Waals surface area contributed by atoms with E-state index in [1.807, 2.05) is 0 Å². The van der Waals surface area contributed by atoms with Gasteiger partial charge in [0.15, 0.2) is 0 Å². The monoisotopic (exact) mass is 369 g/mol. The second-order valence-electron chi connectivity index (χ2n) is 5.27. The molecule has 0 aliphatic rings. The lowest BCUT2D eigenvalue weighted by atomic mass is 9.97. The predicted octanol–water partition coefficient (Wildman–Crippen LogP) is 4.55. The molecular formula is C16H12F5N5. The zero-order valence-corrected chi connectivity index (χ0v) is 13.2. The first-order valence-corrected chi connectivity index (χ1v) is 7.32. The third kappa shape index (κ3) is 3.58. The van der Waals surface area contributed by atoms with Crippen LogP contribution in [0.4, 0.5) is 39.5 Å². The van der Waals surface area contributed by atoms with Crippen molar-refractivity contribution >= 4 is 17.6 Å². The molecule has 2 aromatic carbocycles. The highest BCUT2D eigenvalue weighted by Crippen LogP contribution is 2.40. The van der Waals surface area contributed by atoms with Crippen molar-refractivity contribution in [1.29, 1.82) is 0 Å². The summed E-state index contributed by atoms with van der Waals surface area (Å²) in [6.45, 7) is 0. The van der Waals surface area contributed by atoms with E-state index in [1.165, 1.54) is 0 Å². The van der Waals surface area contributed by atoms with Crippen LogP contribution in [-0.4, -0.2) is 22.2 Å². The van der Waals surface area contributed by atoms with Crippen molar-refractivity contribution in [2.45, 2.75) is 6.18 Å². The van der Waals surface area contributed by atoms with Crippen molar-refractivity contribution in [3.63, 3.8) is 0 Å². The molecule has 0 radical (unpaired) electrons. The number of anilines is 3. The Morgan fingerprint density at radius 1 is 1.04 bits per heavy atom. The third-order valence-corrected chi connectivity index (χ3v) is 3.50. The van der Waals surface area contributed by atoms with Crippen molar-refractivity contribution in [2.24, 2.45) is 0 Å². The average molecular weight is 369 g/mol. The normalized spacial score (nSPS) is 11.5. The maximum Gasteiger partial charge on any atom is 0.417 e. The molecule has 0 unspecified atom stereocenters. The maximum absolute atomic E-state index is 14.5. The number of aromatic nitrogens is 3. The van der Waals surface area contributed by atoms with E-state index in [1.54, 1.807) is 7.05 Å². The van der Waals surface area contributed by atoms with E-state index in [4.69, 9.17) is 0 Å². The van der Waals surface area contributed by atoms with Crippen molar-refractivity contribution in [2.75, 3.05) is 17.7 Å². The molecule has 3 rings (SSSR count). The fourth-order valence-electron chi connectivity index (χ4n) is 2.38. The standard InChI is InChI=1S/C16H12F5N5/c1-22-14-24-15(26-25-14)23-10-6-11(16(19,20)21)13(12(18)7-10)8-2-4-9(17)5-3-8/h2-7H,1H3,(H3,22,23,24,25,26). The number of H-pyrrole nitrogens is 1. The highest BCUT2D eigenvalue weighted by Gasteiger charge is 2.36. The van der Waals surface area contributed by atoms with Gasteiger partial charge in [-0.15, -0.1) is 5.10 Å². The van der Waals surface area contributed by atoms with Gasteiger partial charge in [0.25, 0.3) is 0 Å². The zero-order chi connectivity index (χ0) is 18.9. The molecular weight excluding hydrogens is 357 g/mol. The van der Waals surface area contributed by atoms with Crippen LogP contribution in [0.15, 0.2) is 36.4 Å². The van der Waals surface area contributed by atoms with Gasteiger partial charge >= 0.3 is 6.18 Å². The Morgan fingerprint density at radius 3 is 2.31 bits per heavy atom. The van der Waals surface area contributed by atoms with Crippen LogP contribution in [-0.2, 0) is 6.18 Å². The molecule has 3 aromatic rings. The Kier molecular flexibility index (Phi) is 4.49. The van der Waals surface area contributed by atoms with E-state index in [0.29, 0.717) is 0 Å². The van der Waals surface area contributed by atoms with E-state index in [2.05, 4.69) is 25.8 Å². The van der Waals surface area contributed by atoms with Crippen molar-refractivity contribution in [3.05, 3.63) is 53.6 Å². The topological polar surface area (TPSA) is 65.6 Å². The number of hydrogen-bond donors (Lipinski definition) is 3. The van der Waals surface area contributed by atoms with Crippen LogP contribution < -0.4 is 10.6 Å². The first-order valence-electron chi connectivity index (χ1n) is 7.32. The lowest BCUT2D eigenvalue weighted by Crippen LogP contribution is -2.10. The SMILES string of the molecule is CNc1n[nH]c(Nc2cc(F)c(-c3ccc(F)cc3)c(C(F)(F)F)c2)n1. The molecule has 136 valence electrons. The van der Waals surface area contributed by atoms with Gasteiger partial charge in [0, 0.05) is 18.3 Å². The van der Waals surface area contributed by atoms with E-state index >= 15 is 0 Å². The number of hydrogen-bond acceptors (Lipinski definition) is 4. The van der Waals surface area contributed by atoms with Gasteiger partial charge in [-0.1, -0.05) is 12.1 Å². The van der Waals surface area contributed by atoms with Crippen LogP contribution in [0.25, 0.3) is 11.1 Å². The molecule has 3 N–H and O–H groups in total. The summed E-state index contributed by atoms with van der Waals surface area (Å²) in [6.07, 6.45) is -4.82. The van der Waals surface area contributed by atoms with Gasteiger partial charge in [0.05, 0.1) is 5.56 Å². The van der Waals surface area contributed by atoms with Crippen molar-refractivity contribution in [1.82, 2.24) is 15.2 Å². The summed E-state index contributed by atoms with van der Waals surface area (Å²) in [5, 5.41) is 11.4. The minimum Gasteiger partial charge on any atom is -0.356 e. The fraction of sp³-hybridized carbons (Fsp3) is 0.125. The highest BCUT2D eigenvalue weighted by molar-refractivity contribution is 5.73. The number of nitrogens with zero attached hydrogens (tertiary/aromatic N) is 2. The van der Waals surface area contributed by atoms with E-state index in [0.717, 1.165) is 36.4 Å². The average Bonchev–Trinajstić information content (AvgIpc) is 3.02. The lowest BCUT2D eigenvalue weighted by molar-refractivity contribution is -0.137. The molecule has 26 heavy (non-hydrogen) atoms. The van der Waals surface area contributed by atoms with Crippen LogP contribution in [0.3, 0.4) is 0 Å². The third-order valence-electron chi connectivity index (χ3n) is 3.50. The van der Waals surface area contributed by atoms with Gasteiger partial charge in [-0.2, -0.15) is 18.2 Å². The Balaban J connectivity index is 2.07. The minimum absolute atomic E-state index is 0.0383. The number of nitrogens with one attached hydrogen (secondary N) is 3. The Labute approximate surface area is 144 Å². The highest BCUT2D eigenvalue weighted by atomic mass is 19.4. The summed E-state index contributed by atoms with van der Waals surface area (Å²) in [7, 11) is 1.56. The van der Waals surface area contributed by atoms with Crippen LogP contribution in [0.1, 0.15) is 5.56 Å². The number of alkyl halides is 3. The molecule has 0 saturated heterocycles. The summed E-state index contributed by atoms with van der Waals surface area (Å²) < 4.78 is 67.9. The van der Waals surface area contributed by atoms with Crippen molar-refractivity contribution < 1.29 is 22.0 Å². The number of aromatic amines is 1. The second-order valence-corrected chi connectivity index (χ2v) is 5.27. The first kappa shape index (κ1) is 17.6. The Morgan fingerprint density at radius 2 is 1.73 bits per heavy atom. The maximum atomic E-state index is 14.5. The first-order chi connectivity index (χ1) is 12.3. The van der Waals surface area contributed by atoms with E-state index in [-0.39, 0.29) is 23.1 Å². The van der Waals surface area contributed by atoms with Gasteiger partial charge in [-0.25, -0.2) is 13.9 Å². The molecule has 5 nitrogen and oxygen atoms in total. The number of benzene rings is 2. The van der Waals surface area contributed by atoms with Crippen LogP contribution in [0.2, 0.25) is 0 Å². The van der Waals surface area contributed by atoms with Crippen LogP contribution in [0, 0.1) is 11.6 Å². The zero-order valence-electron chi connectivity index (χ0n) is 13.2. The Bertz CT molecular complexity index is 918. The molecule has 0 aliphatic heterocycles. The predicted molar refractivity (Wildman–Crippen MR) is 86.0 cm³/mol. The molecule has 1 heterocycles. The number of rotatable bonds is 4. The molecule has 0 fully saturated rings. The molecule has 0 spiro atoms. The van der Waals surface area contributed by atoms with Gasteiger partial charge in [0.1, 0.15) is 11.6 Å². The molecule has 10 heteroatoms. The Hall–Kier alpha value is -3.17. The number of halogens is 5.